The molecule has 0 radical (unpaired) electrons. The van der Waals surface area contributed by atoms with E-state index in [9.17, 15) is 14.4 Å². The van der Waals surface area contributed by atoms with Crippen LogP contribution in [0.15, 0.2) is 23.1 Å². The number of amides is 2. The summed E-state index contributed by atoms with van der Waals surface area (Å²) >= 11 is 0. The quantitative estimate of drug-likeness (QED) is 0.739. The molecule has 0 saturated heterocycles. The standard InChI is InChI=1S/C13H19N3O3/c1-8(11(18)16-13(2,3)4)15-12(19)9-5-6-10(17)14-7-9/h5-8H,1-4H3,(H,14,17)(H,15,19)(H,16,18)/t8-/m0/s1. The highest BCUT2D eigenvalue weighted by Gasteiger charge is 2.21. The lowest BCUT2D eigenvalue weighted by atomic mass is 10.1. The number of hydrogen-bond acceptors (Lipinski definition) is 3. The smallest absolute Gasteiger partial charge is 0.253 e. The van der Waals surface area contributed by atoms with Crippen LogP contribution in [0, 0.1) is 0 Å². The van der Waals surface area contributed by atoms with Gasteiger partial charge in [-0.3, -0.25) is 14.4 Å². The molecular formula is C13H19N3O3. The molecule has 0 aromatic carbocycles. The van der Waals surface area contributed by atoms with Crippen molar-refractivity contribution in [3.8, 4) is 0 Å². The molecule has 19 heavy (non-hydrogen) atoms. The van der Waals surface area contributed by atoms with E-state index in [4.69, 9.17) is 0 Å². The van der Waals surface area contributed by atoms with Gasteiger partial charge in [0.15, 0.2) is 0 Å². The molecule has 6 heteroatoms. The van der Waals surface area contributed by atoms with Gasteiger partial charge in [-0.05, 0) is 33.8 Å². The molecule has 0 saturated carbocycles. The molecule has 0 aliphatic carbocycles. The number of H-pyrrole nitrogens is 1. The maximum atomic E-state index is 11.8. The van der Waals surface area contributed by atoms with E-state index in [0.717, 1.165) is 0 Å². The van der Waals surface area contributed by atoms with Crippen LogP contribution < -0.4 is 16.2 Å². The SMILES string of the molecule is C[C@H](NC(=O)c1ccc(=O)[nH]c1)C(=O)NC(C)(C)C. The van der Waals surface area contributed by atoms with Crippen molar-refractivity contribution in [2.45, 2.75) is 39.3 Å². The first-order chi connectivity index (χ1) is 8.69. The van der Waals surface area contributed by atoms with Crippen molar-refractivity contribution in [2.75, 3.05) is 0 Å². The molecular weight excluding hydrogens is 246 g/mol. The van der Waals surface area contributed by atoms with Crippen molar-refractivity contribution in [3.05, 3.63) is 34.2 Å². The first-order valence-corrected chi connectivity index (χ1v) is 6.01. The van der Waals surface area contributed by atoms with Gasteiger partial charge < -0.3 is 15.6 Å². The second-order valence-electron chi connectivity index (χ2n) is 5.38. The Labute approximate surface area is 111 Å². The highest BCUT2D eigenvalue weighted by molar-refractivity contribution is 5.97. The van der Waals surface area contributed by atoms with Gasteiger partial charge in [0.05, 0.1) is 5.56 Å². The van der Waals surface area contributed by atoms with E-state index in [2.05, 4.69) is 15.6 Å². The van der Waals surface area contributed by atoms with Crippen molar-refractivity contribution < 1.29 is 9.59 Å². The molecule has 1 aromatic heterocycles. The van der Waals surface area contributed by atoms with Crippen LogP contribution in [0.2, 0.25) is 0 Å². The highest BCUT2D eigenvalue weighted by Crippen LogP contribution is 2.00. The largest absolute Gasteiger partial charge is 0.350 e. The molecule has 3 N–H and O–H groups in total. The number of carbonyl (C=O) groups is 2. The molecule has 6 nitrogen and oxygen atoms in total. The minimum absolute atomic E-state index is 0.259. The second kappa shape index (κ2) is 5.69. The van der Waals surface area contributed by atoms with Crippen molar-refractivity contribution in [1.82, 2.24) is 15.6 Å². The molecule has 0 aliphatic heterocycles. The van der Waals surface area contributed by atoms with Gasteiger partial charge in [0.1, 0.15) is 6.04 Å². The molecule has 1 rings (SSSR count). The van der Waals surface area contributed by atoms with Crippen LogP contribution in [0.25, 0.3) is 0 Å². The molecule has 2 amide bonds. The molecule has 0 fully saturated rings. The Kier molecular flexibility index (Phi) is 4.47. The predicted octanol–water partition coefficient (Wildman–Crippen LogP) is 0.408. The number of nitrogens with one attached hydrogen (secondary N) is 3. The molecule has 0 spiro atoms. The zero-order valence-electron chi connectivity index (χ0n) is 11.5. The van der Waals surface area contributed by atoms with Crippen LogP contribution in [0.3, 0.4) is 0 Å². The van der Waals surface area contributed by atoms with E-state index in [0.29, 0.717) is 5.56 Å². The van der Waals surface area contributed by atoms with Crippen LogP contribution in [-0.2, 0) is 4.79 Å². The lowest BCUT2D eigenvalue weighted by Crippen LogP contribution is -2.50. The van der Waals surface area contributed by atoms with Crippen LogP contribution in [0.5, 0.6) is 0 Å². The Bertz CT molecular complexity index is 508. The third kappa shape index (κ3) is 4.95. The number of aromatic amines is 1. The Morgan fingerprint density at radius 2 is 1.89 bits per heavy atom. The summed E-state index contributed by atoms with van der Waals surface area (Å²) in [5, 5.41) is 5.34. The van der Waals surface area contributed by atoms with E-state index in [1.165, 1.54) is 18.3 Å². The highest BCUT2D eigenvalue weighted by atomic mass is 16.2. The average molecular weight is 265 g/mol. The lowest BCUT2D eigenvalue weighted by molar-refractivity contribution is -0.124. The summed E-state index contributed by atoms with van der Waals surface area (Å²) in [6, 6.07) is 2.01. The van der Waals surface area contributed by atoms with Gasteiger partial charge in [-0.2, -0.15) is 0 Å². The molecule has 1 heterocycles. The first kappa shape index (κ1) is 14.9. The third-order valence-corrected chi connectivity index (χ3v) is 2.29. The summed E-state index contributed by atoms with van der Waals surface area (Å²) in [6.07, 6.45) is 1.31. The Balaban J connectivity index is 2.64. The number of hydrogen-bond donors (Lipinski definition) is 3. The Morgan fingerprint density at radius 3 is 2.37 bits per heavy atom. The molecule has 1 atom stereocenters. The van der Waals surface area contributed by atoms with Crippen molar-refractivity contribution in [3.63, 3.8) is 0 Å². The van der Waals surface area contributed by atoms with E-state index in [1.54, 1.807) is 6.92 Å². The van der Waals surface area contributed by atoms with Gasteiger partial charge in [0, 0.05) is 17.8 Å². The summed E-state index contributed by atoms with van der Waals surface area (Å²) in [4.78, 5) is 36.9. The minimum atomic E-state index is -0.654. The van der Waals surface area contributed by atoms with Crippen LogP contribution in [-0.4, -0.2) is 28.4 Å². The maximum absolute atomic E-state index is 11.8. The predicted molar refractivity (Wildman–Crippen MR) is 71.9 cm³/mol. The van der Waals surface area contributed by atoms with Gasteiger partial charge >= 0.3 is 0 Å². The van der Waals surface area contributed by atoms with E-state index in [-0.39, 0.29) is 17.0 Å². The van der Waals surface area contributed by atoms with Crippen LogP contribution in [0.1, 0.15) is 38.1 Å². The number of pyridine rings is 1. The van der Waals surface area contributed by atoms with Gasteiger partial charge in [0.25, 0.3) is 5.91 Å². The molecule has 0 aliphatic rings. The van der Waals surface area contributed by atoms with Crippen molar-refractivity contribution in [2.24, 2.45) is 0 Å². The van der Waals surface area contributed by atoms with Crippen LogP contribution in [0.4, 0.5) is 0 Å². The second-order valence-corrected chi connectivity index (χ2v) is 5.38. The zero-order valence-corrected chi connectivity index (χ0v) is 11.5. The summed E-state index contributed by atoms with van der Waals surface area (Å²) in [7, 11) is 0. The Morgan fingerprint density at radius 1 is 1.26 bits per heavy atom. The van der Waals surface area contributed by atoms with Gasteiger partial charge in [-0.15, -0.1) is 0 Å². The number of rotatable bonds is 3. The number of aromatic nitrogens is 1. The summed E-state index contributed by atoms with van der Waals surface area (Å²) in [5.41, 5.74) is -0.335. The molecule has 104 valence electrons. The minimum Gasteiger partial charge on any atom is -0.350 e. The summed E-state index contributed by atoms with van der Waals surface area (Å²) in [6.45, 7) is 7.19. The van der Waals surface area contributed by atoms with E-state index in [1.807, 2.05) is 20.8 Å². The molecule has 0 unspecified atom stereocenters. The number of carbonyl (C=O) groups excluding carboxylic acids is 2. The normalized spacial score (nSPS) is 12.6. The fourth-order valence-electron chi connectivity index (χ4n) is 1.38. The Hall–Kier alpha value is -2.11. The third-order valence-electron chi connectivity index (χ3n) is 2.29. The lowest BCUT2D eigenvalue weighted by Gasteiger charge is -2.23. The maximum Gasteiger partial charge on any atom is 0.253 e. The molecule has 0 bridgehead atoms. The summed E-state index contributed by atoms with van der Waals surface area (Å²) in [5.74, 6) is -0.668. The first-order valence-electron chi connectivity index (χ1n) is 6.01. The topological polar surface area (TPSA) is 91.1 Å². The monoisotopic (exact) mass is 265 g/mol. The summed E-state index contributed by atoms with van der Waals surface area (Å²) < 4.78 is 0. The zero-order chi connectivity index (χ0) is 14.6. The van der Waals surface area contributed by atoms with Crippen molar-refractivity contribution >= 4 is 11.8 Å². The fourth-order valence-corrected chi connectivity index (χ4v) is 1.38. The van der Waals surface area contributed by atoms with Gasteiger partial charge in [0.2, 0.25) is 11.5 Å². The average Bonchev–Trinajstić information content (AvgIpc) is 2.27. The van der Waals surface area contributed by atoms with Gasteiger partial charge in [-0.1, -0.05) is 0 Å². The fraction of sp³-hybridized carbons (Fsp3) is 0.462. The van der Waals surface area contributed by atoms with Crippen LogP contribution >= 0.6 is 0 Å². The van der Waals surface area contributed by atoms with E-state index < -0.39 is 11.9 Å². The van der Waals surface area contributed by atoms with E-state index >= 15 is 0 Å². The molecule has 1 aromatic rings. The van der Waals surface area contributed by atoms with Gasteiger partial charge in [-0.25, -0.2) is 0 Å². The van der Waals surface area contributed by atoms with Crippen molar-refractivity contribution in [1.29, 1.82) is 0 Å².